The van der Waals surface area contributed by atoms with E-state index in [1.165, 1.54) is 0 Å². The van der Waals surface area contributed by atoms with Gasteiger partial charge in [0.1, 0.15) is 5.82 Å². The molecule has 1 N–H and O–H groups in total. The molecule has 0 radical (unpaired) electrons. The Bertz CT molecular complexity index is 625. The highest BCUT2D eigenvalue weighted by atomic mass is 35.5. The first kappa shape index (κ1) is 16.3. The maximum atomic E-state index is 14.1. The predicted octanol–water partition coefficient (Wildman–Crippen LogP) is 4.41. The smallest absolute Gasteiger partial charge is 0.145 e. The summed E-state index contributed by atoms with van der Waals surface area (Å²) >= 11 is 12.1. The van der Waals surface area contributed by atoms with Gasteiger partial charge in [-0.2, -0.15) is 5.10 Å². The van der Waals surface area contributed by atoms with E-state index in [1.54, 1.807) is 24.4 Å². The molecule has 0 fully saturated rings. The van der Waals surface area contributed by atoms with Gasteiger partial charge in [0, 0.05) is 6.04 Å². The van der Waals surface area contributed by atoms with Gasteiger partial charge in [0.2, 0.25) is 0 Å². The zero-order valence-corrected chi connectivity index (χ0v) is 13.7. The highest BCUT2D eigenvalue weighted by Gasteiger charge is 2.22. The van der Waals surface area contributed by atoms with Crippen molar-refractivity contribution in [1.82, 2.24) is 15.1 Å². The third-order valence-electron chi connectivity index (χ3n) is 3.41. The second kappa shape index (κ2) is 6.77. The summed E-state index contributed by atoms with van der Waals surface area (Å²) in [5, 5.41) is 8.18. The Kier molecular flexibility index (Phi) is 5.25. The largest absolute Gasteiger partial charge is 0.311 e. The van der Waals surface area contributed by atoms with Crippen molar-refractivity contribution >= 4 is 23.2 Å². The lowest BCUT2D eigenvalue weighted by atomic mass is 10.0. The lowest BCUT2D eigenvalue weighted by molar-refractivity contribution is 0.456. The van der Waals surface area contributed by atoms with E-state index >= 15 is 0 Å². The van der Waals surface area contributed by atoms with Crippen LogP contribution in [0.2, 0.25) is 10.0 Å². The first-order valence-corrected chi connectivity index (χ1v) is 7.54. The van der Waals surface area contributed by atoms with Gasteiger partial charge in [0.25, 0.3) is 0 Å². The molecule has 3 nitrogen and oxygen atoms in total. The van der Waals surface area contributed by atoms with E-state index in [2.05, 4.69) is 10.4 Å². The number of hydrogen-bond donors (Lipinski definition) is 1. The van der Waals surface area contributed by atoms with E-state index in [0.717, 1.165) is 5.69 Å². The van der Waals surface area contributed by atoms with Crippen molar-refractivity contribution in [1.29, 1.82) is 0 Å². The lowest BCUT2D eigenvalue weighted by Crippen LogP contribution is -2.24. The zero-order chi connectivity index (χ0) is 15.6. The van der Waals surface area contributed by atoms with E-state index < -0.39 is 0 Å². The average Bonchev–Trinajstić information content (AvgIpc) is 2.82. The van der Waals surface area contributed by atoms with Gasteiger partial charge in [-0.1, -0.05) is 35.3 Å². The second-order valence-electron chi connectivity index (χ2n) is 5.17. The molecule has 1 heterocycles. The van der Waals surface area contributed by atoms with Crippen molar-refractivity contribution in [2.75, 3.05) is 7.05 Å². The summed E-state index contributed by atoms with van der Waals surface area (Å²) in [5.74, 6) is -0.383. The van der Waals surface area contributed by atoms with Gasteiger partial charge in [0.05, 0.1) is 28.0 Å². The van der Waals surface area contributed by atoms with Crippen LogP contribution >= 0.6 is 23.2 Å². The number of benzene rings is 1. The van der Waals surface area contributed by atoms with Crippen molar-refractivity contribution in [3.63, 3.8) is 0 Å². The molecular formula is C15H18Cl2FN3. The van der Waals surface area contributed by atoms with Gasteiger partial charge in [-0.3, -0.25) is 4.68 Å². The van der Waals surface area contributed by atoms with Gasteiger partial charge in [-0.05, 0) is 38.9 Å². The Morgan fingerprint density at radius 3 is 2.62 bits per heavy atom. The number of aromatic nitrogens is 2. The summed E-state index contributed by atoms with van der Waals surface area (Å²) in [4.78, 5) is 0. The monoisotopic (exact) mass is 329 g/mol. The molecule has 0 spiro atoms. The van der Waals surface area contributed by atoms with Crippen molar-refractivity contribution in [2.45, 2.75) is 32.4 Å². The molecule has 0 saturated carbocycles. The van der Waals surface area contributed by atoms with E-state index in [4.69, 9.17) is 23.2 Å². The molecule has 0 aliphatic carbocycles. The third-order valence-corrected chi connectivity index (χ3v) is 3.99. The number of nitrogens with zero attached hydrogens (tertiary/aromatic N) is 2. The molecule has 21 heavy (non-hydrogen) atoms. The summed E-state index contributed by atoms with van der Waals surface area (Å²) in [6.07, 6.45) is 2.07. The van der Waals surface area contributed by atoms with Crippen LogP contribution in [0.4, 0.5) is 4.39 Å². The molecule has 1 aromatic heterocycles. The number of nitrogens with one attached hydrogen (secondary N) is 1. The van der Waals surface area contributed by atoms with Gasteiger partial charge in [0.15, 0.2) is 0 Å². The van der Waals surface area contributed by atoms with Gasteiger partial charge < -0.3 is 5.32 Å². The lowest BCUT2D eigenvalue weighted by Gasteiger charge is -2.21. The maximum absolute atomic E-state index is 14.1. The van der Waals surface area contributed by atoms with Crippen molar-refractivity contribution in [3.05, 3.63) is 51.5 Å². The quantitative estimate of drug-likeness (QED) is 0.880. The van der Waals surface area contributed by atoms with Crippen LogP contribution < -0.4 is 5.32 Å². The Morgan fingerprint density at radius 2 is 2.00 bits per heavy atom. The molecule has 2 rings (SSSR count). The van der Waals surface area contributed by atoms with Crippen LogP contribution in [0.5, 0.6) is 0 Å². The number of likely N-dealkylation sites (N-methyl/N-ethyl adjacent to an activating group) is 1. The maximum Gasteiger partial charge on any atom is 0.145 e. The highest BCUT2D eigenvalue weighted by Crippen LogP contribution is 2.29. The summed E-state index contributed by atoms with van der Waals surface area (Å²) < 4.78 is 15.9. The molecule has 6 heteroatoms. The SMILES string of the molecule is CNC(Cc1cccc(Cl)c1F)c1c(Cl)cnn1C(C)C. The molecule has 0 aliphatic heterocycles. The van der Waals surface area contributed by atoms with Gasteiger partial charge in [-0.15, -0.1) is 0 Å². The molecule has 2 aromatic rings. The Balaban J connectivity index is 2.37. The van der Waals surface area contributed by atoms with E-state index in [9.17, 15) is 4.39 Å². The van der Waals surface area contributed by atoms with Crippen LogP contribution in [0.3, 0.4) is 0 Å². The van der Waals surface area contributed by atoms with Crippen LogP contribution in [-0.2, 0) is 6.42 Å². The minimum atomic E-state index is -0.383. The molecule has 1 unspecified atom stereocenters. The molecule has 0 bridgehead atoms. The minimum absolute atomic E-state index is 0.130. The van der Waals surface area contributed by atoms with E-state index in [-0.39, 0.29) is 22.9 Å². The van der Waals surface area contributed by atoms with Crippen molar-refractivity contribution in [2.24, 2.45) is 0 Å². The molecular weight excluding hydrogens is 312 g/mol. The van der Waals surface area contributed by atoms with Crippen LogP contribution in [0.25, 0.3) is 0 Å². The Labute approximate surface area is 134 Å². The fourth-order valence-corrected chi connectivity index (χ4v) is 2.81. The molecule has 0 amide bonds. The molecule has 1 atom stereocenters. The third kappa shape index (κ3) is 3.39. The fourth-order valence-electron chi connectivity index (χ4n) is 2.35. The predicted molar refractivity (Wildman–Crippen MR) is 84.5 cm³/mol. The summed E-state index contributed by atoms with van der Waals surface area (Å²) in [5.41, 5.74) is 1.41. The van der Waals surface area contributed by atoms with Crippen LogP contribution in [0.1, 0.15) is 37.2 Å². The van der Waals surface area contributed by atoms with Gasteiger partial charge >= 0.3 is 0 Å². The van der Waals surface area contributed by atoms with E-state index in [1.807, 2.05) is 25.6 Å². The number of rotatable bonds is 5. The van der Waals surface area contributed by atoms with E-state index in [0.29, 0.717) is 17.0 Å². The Morgan fingerprint density at radius 1 is 1.29 bits per heavy atom. The van der Waals surface area contributed by atoms with Gasteiger partial charge in [-0.25, -0.2) is 4.39 Å². The standard InChI is InChI=1S/C15H18Cl2FN3/c1-9(2)21-15(12(17)8-20-21)13(19-3)7-10-5-4-6-11(16)14(10)18/h4-6,8-9,13,19H,7H2,1-3H3. The molecule has 0 saturated heterocycles. The fraction of sp³-hybridized carbons (Fsp3) is 0.400. The van der Waals surface area contributed by atoms with Crippen molar-refractivity contribution < 1.29 is 4.39 Å². The second-order valence-corrected chi connectivity index (χ2v) is 5.99. The topological polar surface area (TPSA) is 29.9 Å². The summed E-state index contributed by atoms with van der Waals surface area (Å²) in [7, 11) is 1.82. The number of hydrogen-bond acceptors (Lipinski definition) is 2. The van der Waals surface area contributed by atoms with Crippen LogP contribution in [0, 0.1) is 5.82 Å². The van der Waals surface area contributed by atoms with Crippen LogP contribution in [-0.4, -0.2) is 16.8 Å². The first-order valence-electron chi connectivity index (χ1n) is 6.78. The van der Waals surface area contributed by atoms with Crippen molar-refractivity contribution in [3.8, 4) is 0 Å². The first-order chi connectivity index (χ1) is 9.95. The Hall–Kier alpha value is -1.10. The molecule has 0 aliphatic rings. The summed E-state index contributed by atoms with van der Waals surface area (Å²) in [6, 6.07) is 5.05. The van der Waals surface area contributed by atoms with Crippen LogP contribution in [0.15, 0.2) is 24.4 Å². The summed E-state index contributed by atoms with van der Waals surface area (Å²) in [6.45, 7) is 4.05. The molecule has 114 valence electrons. The molecule has 1 aromatic carbocycles. The average molecular weight is 330 g/mol. The zero-order valence-electron chi connectivity index (χ0n) is 12.2. The minimum Gasteiger partial charge on any atom is -0.311 e. The highest BCUT2D eigenvalue weighted by molar-refractivity contribution is 6.31. The number of halogens is 3. The normalized spacial score (nSPS) is 12.9.